The minimum absolute atomic E-state index is 0.0927. The highest BCUT2D eigenvalue weighted by atomic mass is 16.1. The van der Waals surface area contributed by atoms with E-state index in [0.29, 0.717) is 22.3 Å². The van der Waals surface area contributed by atoms with Crippen molar-refractivity contribution in [3.05, 3.63) is 108 Å². The number of ketones is 1. The van der Waals surface area contributed by atoms with Crippen LogP contribution in [0.3, 0.4) is 0 Å². The quantitative estimate of drug-likeness (QED) is 0.317. The van der Waals surface area contributed by atoms with Crippen LogP contribution in [-0.4, -0.2) is 10.8 Å². The molecule has 0 bridgehead atoms. The Morgan fingerprint density at radius 1 is 0.759 bits per heavy atom. The molecule has 138 valence electrons. The van der Waals surface area contributed by atoms with Crippen LogP contribution in [0.4, 0.5) is 5.69 Å². The summed E-state index contributed by atoms with van der Waals surface area (Å²) >= 11 is 0. The summed E-state index contributed by atoms with van der Waals surface area (Å²) in [6.45, 7) is 0. The molecule has 0 aliphatic rings. The zero-order valence-electron chi connectivity index (χ0n) is 15.7. The molecule has 0 radical (unpaired) electrons. The Hall–Kier alpha value is -3.98. The third kappa shape index (κ3) is 2.93. The van der Waals surface area contributed by atoms with Crippen LogP contribution in [0, 0.1) is 0 Å². The molecule has 0 aliphatic heterocycles. The van der Waals surface area contributed by atoms with Crippen LogP contribution in [0.5, 0.6) is 0 Å². The first-order chi connectivity index (χ1) is 14.2. The molecule has 0 amide bonds. The van der Waals surface area contributed by atoms with Gasteiger partial charge in [-0.25, -0.2) is 0 Å². The number of carbonyl (C=O) groups excluding carboxylic acids is 1. The van der Waals surface area contributed by atoms with Gasteiger partial charge in [0.2, 0.25) is 0 Å². The van der Waals surface area contributed by atoms with E-state index in [1.807, 2.05) is 42.6 Å². The Balaban J connectivity index is 1.63. The highest BCUT2D eigenvalue weighted by Gasteiger charge is 2.15. The largest absolute Gasteiger partial charge is 0.396 e. The standard InChI is InChI=1S/C26H18N2O/c27-24-23(26(29)18-8-2-1-3-9-18)14-13-19-15-20(16-28-25(19)24)22-12-6-10-17-7-4-5-11-21(17)22/h1-16H,27H2. The maximum atomic E-state index is 12.8. The number of benzene rings is 4. The summed E-state index contributed by atoms with van der Waals surface area (Å²) in [6.07, 6.45) is 1.83. The summed E-state index contributed by atoms with van der Waals surface area (Å²) < 4.78 is 0. The predicted molar refractivity (Wildman–Crippen MR) is 119 cm³/mol. The summed E-state index contributed by atoms with van der Waals surface area (Å²) in [5, 5.41) is 3.28. The number of hydrogen-bond acceptors (Lipinski definition) is 3. The summed E-state index contributed by atoms with van der Waals surface area (Å²) in [5.74, 6) is -0.0927. The van der Waals surface area contributed by atoms with Crippen LogP contribution in [0.25, 0.3) is 32.8 Å². The first-order valence-electron chi connectivity index (χ1n) is 9.48. The summed E-state index contributed by atoms with van der Waals surface area (Å²) in [6, 6.07) is 29.5. The molecule has 0 atom stereocenters. The molecular weight excluding hydrogens is 356 g/mol. The molecule has 3 heteroatoms. The number of nitrogens with zero attached hydrogens (tertiary/aromatic N) is 1. The predicted octanol–water partition coefficient (Wildman–Crippen LogP) is 5.87. The van der Waals surface area contributed by atoms with E-state index in [4.69, 9.17) is 5.73 Å². The van der Waals surface area contributed by atoms with Gasteiger partial charge in [0.05, 0.1) is 11.2 Å². The van der Waals surface area contributed by atoms with Crippen molar-refractivity contribution in [3.8, 4) is 11.1 Å². The number of carbonyl (C=O) groups is 1. The van der Waals surface area contributed by atoms with Gasteiger partial charge < -0.3 is 5.73 Å². The molecule has 1 aromatic heterocycles. The van der Waals surface area contributed by atoms with E-state index in [1.54, 1.807) is 18.2 Å². The van der Waals surface area contributed by atoms with E-state index in [-0.39, 0.29) is 5.78 Å². The average Bonchev–Trinajstić information content (AvgIpc) is 2.79. The fourth-order valence-corrected chi connectivity index (χ4v) is 3.79. The zero-order chi connectivity index (χ0) is 19.8. The summed E-state index contributed by atoms with van der Waals surface area (Å²) in [4.78, 5) is 17.5. The average molecular weight is 374 g/mol. The minimum atomic E-state index is -0.0927. The highest BCUT2D eigenvalue weighted by molar-refractivity contribution is 6.15. The van der Waals surface area contributed by atoms with Crippen molar-refractivity contribution in [1.29, 1.82) is 0 Å². The number of pyridine rings is 1. The fraction of sp³-hybridized carbons (Fsp3) is 0. The smallest absolute Gasteiger partial charge is 0.195 e. The molecule has 29 heavy (non-hydrogen) atoms. The lowest BCUT2D eigenvalue weighted by molar-refractivity contribution is 0.103. The molecule has 3 nitrogen and oxygen atoms in total. The molecule has 0 unspecified atom stereocenters. The summed E-state index contributed by atoms with van der Waals surface area (Å²) in [5.41, 5.74) is 10.7. The first kappa shape index (κ1) is 17.1. The SMILES string of the molecule is Nc1c(C(=O)c2ccccc2)ccc2cc(-c3cccc4ccccc34)cnc12. The van der Waals surface area contributed by atoms with Gasteiger partial charge in [-0.3, -0.25) is 9.78 Å². The Morgan fingerprint density at radius 2 is 1.52 bits per heavy atom. The van der Waals surface area contributed by atoms with Gasteiger partial charge in [-0.05, 0) is 28.5 Å². The first-order valence-corrected chi connectivity index (χ1v) is 9.48. The van der Waals surface area contributed by atoms with Gasteiger partial charge in [0.15, 0.2) is 5.78 Å². The van der Waals surface area contributed by atoms with E-state index in [2.05, 4.69) is 41.4 Å². The van der Waals surface area contributed by atoms with Gasteiger partial charge in [-0.2, -0.15) is 0 Å². The van der Waals surface area contributed by atoms with Crippen LogP contribution >= 0.6 is 0 Å². The van der Waals surface area contributed by atoms with Gasteiger partial charge in [-0.15, -0.1) is 0 Å². The van der Waals surface area contributed by atoms with Crippen LogP contribution < -0.4 is 5.73 Å². The van der Waals surface area contributed by atoms with E-state index in [1.165, 1.54) is 10.8 Å². The molecule has 0 aliphatic carbocycles. The monoisotopic (exact) mass is 374 g/mol. The molecule has 5 rings (SSSR count). The highest BCUT2D eigenvalue weighted by Crippen LogP contribution is 2.32. The Kier molecular flexibility index (Phi) is 4.07. The molecule has 0 saturated carbocycles. The van der Waals surface area contributed by atoms with Gasteiger partial charge in [-0.1, -0.05) is 78.9 Å². The maximum absolute atomic E-state index is 12.8. The van der Waals surface area contributed by atoms with Crippen LogP contribution in [0.1, 0.15) is 15.9 Å². The molecule has 0 fully saturated rings. The van der Waals surface area contributed by atoms with Crippen molar-refractivity contribution in [2.24, 2.45) is 0 Å². The third-order valence-corrected chi connectivity index (χ3v) is 5.27. The molecular formula is C26H18N2O. The number of aromatic nitrogens is 1. The number of hydrogen-bond donors (Lipinski definition) is 1. The zero-order valence-corrected chi connectivity index (χ0v) is 15.7. The molecule has 1 heterocycles. The normalized spacial score (nSPS) is 11.0. The van der Waals surface area contributed by atoms with Gasteiger partial charge in [0, 0.05) is 28.3 Å². The van der Waals surface area contributed by atoms with Crippen molar-refractivity contribution in [1.82, 2.24) is 4.98 Å². The van der Waals surface area contributed by atoms with E-state index < -0.39 is 0 Å². The van der Waals surface area contributed by atoms with Gasteiger partial charge in [0.25, 0.3) is 0 Å². The Bertz CT molecular complexity index is 1370. The minimum Gasteiger partial charge on any atom is -0.396 e. The number of nitrogen functional groups attached to an aromatic ring is 1. The second-order valence-electron chi connectivity index (χ2n) is 7.04. The van der Waals surface area contributed by atoms with Crippen molar-refractivity contribution in [3.63, 3.8) is 0 Å². The van der Waals surface area contributed by atoms with Crippen LogP contribution in [0.2, 0.25) is 0 Å². The molecule has 4 aromatic carbocycles. The van der Waals surface area contributed by atoms with E-state index in [0.717, 1.165) is 16.5 Å². The van der Waals surface area contributed by atoms with Gasteiger partial charge >= 0.3 is 0 Å². The summed E-state index contributed by atoms with van der Waals surface area (Å²) in [7, 11) is 0. The maximum Gasteiger partial charge on any atom is 0.195 e. The number of rotatable bonds is 3. The number of anilines is 1. The Morgan fingerprint density at radius 3 is 2.38 bits per heavy atom. The van der Waals surface area contributed by atoms with Crippen LogP contribution in [-0.2, 0) is 0 Å². The number of fused-ring (bicyclic) bond motifs is 2. The second-order valence-corrected chi connectivity index (χ2v) is 7.04. The van der Waals surface area contributed by atoms with Crippen molar-refractivity contribution in [2.45, 2.75) is 0 Å². The lowest BCUT2D eigenvalue weighted by Gasteiger charge is -2.11. The number of nitrogens with two attached hydrogens (primary N) is 1. The fourth-order valence-electron chi connectivity index (χ4n) is 3.79. The van der Waals surface area contributed by atoms with Crippen molar-refractivity contribution < 1.29 is 4.79 Å². The van der Waals surface area contributed by atoms with Crippen molar-refractivity contribution >= 4 is 33.1 Å². The molecule has 2 N–H and O–H groups in total. The lowest BCUT2D eigenvalue weighted by Crippen LogP contribution is -2.06. The second kappa shape index (κ2) is 6.88. The Labute approximate surface area is 168 Å². The van der Waals surface area contributed by atoms with E-state index in [9.17, 15) is 4.79 Å². The molecule has 0 spiro atoms. The van der Waals surface area contributed by atoms with Crippen molar-refractivity contribution in [2.75, 3.05) is 5.73 Å². The molecule has 5 aromatic rings. The van der Waals surface area contributed by atoms with Crippen LogP contribution in [0.15, 0.2) is 97.2 Å². The third-order valence-electron chi connectivity index (χ3n) is 5.27. The van der Waals surface area contributed by atoms with E-state index >= 15 is 0 Å². The topological polar surface area (TPSA) is 56.0 Å². The lowest BCUT2D eigenvalue weighted by atomic mass is 9.96. The molecule has 0 saturated heterocycles. The van der Waals surface area contributed by atoms with Gasteiger partial charge in [0.1, 0.15) is 0 Å².